The van der Waals surface area contributed by atoms with Gasteiger partial charge in [0, 0.05) is 5.56 Å². The van der Waals surface area contributed by atoms with Crippen LogP contribution in [0.2, 0.25) is 0 Å². The minimum absolute atomic E-state index is 0.0403. The standard InChI is InChI=1S/C20H23FN2O4S/c1-13(15-10-14(26-2)8-9-18(15)27-3)22-19(24)11-28-12-20(25)23-17-7-5-4-6-16(17)21/h4-10,13H,11-12H2,1-3H3,(H,22,24)(H,23,25)/t13-/m1/s1. The minimum atomic E-state index is -0.500. The lowest BCUT2D eigenvalue weighted by atomic mass is 10.1. The third-order valence-electron chi connectivity index (χ3n) is 3.90. The summed E-state index contributed by atoms with van der Waals surface area (Å²) in [5, 5.41) is 5.35. The summed E-state index contributed by atoms with van der Waals surface area (Å²) in [6.07, 6.45) is 0. The van der Waals surface area contributed by atoms with Crippen LogP contribution in [0.25, 0.3) is 0 Å². The Morgan fingerprint density at radius 2 is 1.79 bits per heavy atom. The number of hydrogen-bond acceptors (Lipinski definition) is 5. The second-order valence-electron chi connectivity index (χ2n) is 5.92. The van der Waals surface area contributed by atoms with Crippen molar-refractivity contribution < 1.29 is 23.5 Å². The van der Waals surface area contributed by atoms with Crippen molar-refractivity contribution in [3.05, 3.63) is 53.8 Å². The number of nitrogens with one attached hydrogen (secondary N) is 2. The lowest BCUT2D eigenvalue weighted by Crippen LogP contribution is -2.29. The van der Waals surface area contributed by atoms with E-state index < -0.39 is 5.82 Å². The van der Waals surface area contributed by atoms with Gasteiger partial charge in [0.2, 0.25) is 11.8 Å². The molecule has 0 heterocycles. The molecular weight excluding hydrogens is 383 g/mol. The average molecular weight is 406 g/mol. The number of carbonyl (C=O) groups excluding carboxylic acids is 2. The smallest absolute Gasteiger partial charge is 0.234 e. The molecule has 1 atom stereocenters. The highest BCUT2D eigenvalue weighted by Gasteiger charge is 2.16. The SMILES string of the molecule is COc1ccc(OC)c([C@@H](C)NC(=O)CSCC(=O)Nc2ccccc2F)c1. The molecule has 0 saturated heterocycles. The van der Waals surface area contributed by atoms with E-state index in [0.717, 1.165) is 17.3 Å². The Morgan fingerprint density at radius 1 is 1.07 bits per heavy atom. The van der Waals surface area contributed by atoms with E-state index in [2.05, 4.69) is 10.6 Å². The van der Waals surface area contributed by atoms with Gasteiger partial charge < -0.3 is 20.1 Å². The third-order valence-corrected chi connectivity index (χ3v) is 4.83. The van der Waals surface area contributed by atoms with Gasteiger partial charge in [0.25, 0.3) is 0 Å². The molecule has 2 aromatic rings. The number of ether oxygens (including phenoxy) is 2. The molecule has 0 bridgehead atoms. The van der Waals surface area contributed by atoms with Crippen LogP contribution in [-0.2, 0) is 9.59 Å². The molecule has 0 saturated carbocycles. The highest BCUT2D eigenvalue weighted by Crippen LogP contribution is 2.29. The van der Waals surface area contributed by atoms with Crippen LogP contribution in [-0.4, -0.2) is 37.5 Å². The Hall–Kier alpha value is -2.74. The summed E-state index contributed by atoms with van der Waals surface area (Å²) in [7, 11) is 3.13. The molecule has 2 amide bonds. The van der Waals surface area contributed by atoms with Crippen LogP contribution in [0, 0.1) is 5.82 Å². The molecule has 0 unspecified atom stereocenters. The fourth-order valence-electron chi connectivity index (χ4n) is 2.52. The van der Waals surface area contributed by atoms with Crippen molar-refractivity contribution in [3.8, 4) is 11.5 Å². The van der Waals surface area contributed by atoms with E-state index in [4.69, 9.17) is 9.47 Å². The fraction of sp³-hybridized carbons (Fsp3) is 0.300. The zero-order chi connectivity index (χ0) is 20.5. The second kappa shape index (κ2) is 10.6. The number of hydrogen-bond donors (Lipinski definition) is 2. The molecule has 0 fully saturated rings. The quantitative estimate of drug-likeness (QED) is 0.668. The highest BCUT2D eigenvalue weighted by molar-refractivity contribution is 8.00. The Balaban J connectivity index is 1.82. The first-order valence-electron chi connectivity index (χ1n) is 8.58. The van der Waals surface area contributed by atoms with Crippen LogP contribution in [0.4, 0.5) is 10.1 Å². The number of benzene rings is 2. The average Bonchev–Trinajstić information content (AvgIpc) is 2.69. The number of thioether (sulfide) groups is 1. The summed E-state index contributed by atoms with van der Waals surface area (Å²) in [6, 6.07) is 11.0. The van der Waals surface area contributed by atoms with E-state index in [9.17, 15) is 14.0 Å². The fourth-order valence-corrected chi connectivity index (χ4v) is 3.15. The first-order chi connectivity index (χ1) is 13.4. The number of para-hydroxylation sites is 1. The number of halogens is 1. The van der Waals surface area contributed by atoms with Gasteiger partial charge in [0.05, 0.1) is 37.5 Å². The van der Waals surface area contributed by atoms with Gasteiger partial charge in [-0.05, 0) is 37.3 Å². The van der Waals surface area contributed by atoms with E-state index in [-0.39, 0.29) is 35.0 Å². The largest absolute Gasteiger partial charge is 0.497 e. The zero-order valence-corrected chi connectivity index (χ0v) is 16.8. The maximum Gasteiger partial charge on any atom is 0.234 e. The molecule has 0 radical (unpaired) electrons. The molecule has 8 heteroatoms. The molecule has 6 nitrogen and oxygen atoms in total. The number of amides is 2. The van der Waals surface area contributed by atoms with E-state index in [1.165, 1.54) is 12.1 Å². The van der Waals surface area contributed by atoms with Crippen molar-refractivity contribution in [3.63, 3.8) is 0 Å². The Kier molecular flexibility index (Phi) is 8.13. The topological polar surface area (TPSA) is 76.7 Å². The first kappa shape index (κ1) is 21.6. The zero-order valence-electron chi connectivity index (χ0n) is 16.0. The van der Waals surface area contributed by atoms with Crippen LogP contribution >= 0.6 is 11.8 Å². The number of rotatable bonds is 9. The van der Waals surface area contributed by atoms with E-state index >= 15 is 0 Å². The van der Waals surface area contributed by atoms with Crippen molar-refractivity contribution in [1.82, 2.24) is 5.32 Å². The number of anilines is 1. The highest BCUT2D eigenvalue weighted by atomic mass is 32.2. The van der Waals surface area contributed by atoms with Gasteiger partial charge in [-0.25, -0.2) is 4.39 Å². The van der Waals surface area contributed by atoms with Gasteiger partial charge in [0.15, 0.2) is 0 Å². The normalized spacial score (nSPS) is 11.4. The Bertz CT molecular complexity index is 832. The van der Waals surface area contributed by atoms with Gasteiger partial charge in [-0.15, -0.1) is 11.8 Å². The molecule has 2 N–H and O–H groups in total. The molecule has 0 aliphatic rings. The second-order valence-corrected chi connectivity index (χ2v) is 6.90. The Labute approximate surface area is 167 Å². The molecule has 0 aliphatic carbocycles. The monoisotopic (exact) mass is 406 g/mol. The van der Waals surface area contributed by atoms with Gasteiger partial charge in [-0.3, -0.25) is 9.59 Å². The predicted molar refractivity (Wildman–Crippen MR) is 108 cm³/mol. The van der Waals surface area contributed by atoms with Crippen LogP contribution in [0.5, 0.6) is 11.5 Å². The predicted octanol–water partition coefficient (Wildman–Crippen LogP) is 3.39. The summed E-state index contributed by atoms with van der Waals surface area (Å²) in [5.74, 6) is 0.354. The third kappa shape index (κ3) is 6.16. The summed E-state index contributed by atoms with van der Waals surface area (Å²) in [6.45, 7) is 1.84. The number of carbonyl (C=O) groups is 2. The van der Waals surface area contributed by atoms with E-state index in [0.29, 0.717) is 11.5 Å². The van der Waals surface area contributed by atoms with Gasteiger partial charge >= 0.3 is 0 Å². The maximum absolute atomic E-state index is 13.5. The van der Waals surface area contributed by atoms with Crippen molar-refractivity contribution >= 4 is 29.3 Å². The van der Waals surface area contributed by atoms with E-state index in [1.807, 2.05) is 6.92 Å². The molecule has 0 spiro atoms. The molecule has 2 aromatic carbocycles. The molecule has 0 aliphatic heterocycles. The summed E-state index contributed by atoms with van der Waals surface area (Å²) < 4.78 is 24.1. The van der Waals surface area contributed by atoms with Gasteiger partial charge in [0.1, 0.15) is 17.3 Å². The van der Waals surface area contributed by atoms with Crippen molar-refractivity contribution in [2.45, 2.75) is 13.0 Å². The lowest BCUT2D eigenvalue weighted by Gasteiger charge is -2.18. The maximum atomic E-state index is 13.5. The lowest BCUT2D eigenvalue weighted by molar-refractivity contribution is -0.119. The van der Waals surface area contributed by atoms with Crippen LogP contribution in [0.15, 0.2) is 42.5 Å². The summed E-state index contributed by atoms with van der Waals surface area (Å²) in [5.41, 5.74) is 0.911. The van der Waals surface area contributed by atoms with E-state index in [1.54, 1.807) is 44.6 Å². The van der Waals surface area contributed by atoms with Gasteiger partial charge in [-0.1, -0.05) is 12.1 Å². The van der Waals surface area contributed by atoms with Gasteiger partial charge in [-0.2, -0.15) is 0 Å². The molecule has 150 valence electrons. The summed E-state index contributed by atoms with van der Waals surface area (Å²) in [4.78, 5) is 24.1. The number of methoxy groups -OCH3 is 2. The van der Waals surface area contributed by atoms with Crippen molar-refractivity contribution in [2.75, 3.05) is 31.0 Å². The molecule has 0 aromatic heterocycles. The summed E-state index contributed by atoms with van der Waals surface area (Å²) >= 11 is 1.15. The van der Waals surface area contributed by atoms with Crippen LogP contribution in [0.1, 0.15) is 18.5 Å². The van der Waals surface area contributed by atoms with Crippen LogP contribution < -0.4 is 20.1 Å². The molecule has 2 rings (SSSR count). The van der Waals surface area contributed by atoms with Crippen molar-refractivity contribution in [1.29, 1.82) is 0 Å². The van der Waals surface area contributed by atoms with Crippen molar-refractivity contribution in [2.24, 2.45) is 0 Å². The molecule has 28 heavy (non-hydrogen) atoms. The van der Waals surface area contributed by atoms with Crippen LogP contribution in [0.3, 0.4) is 0 Å². The molecular formula is C20H23FN2O4S. The Morgan fingerprint density at radius 3 is 2.46 bits per heavy atom. The minimum Gasteiger partial charge on any atom is -0.497 e. The first-order valence-corrected chi connectivity index (χ1v) is 9.73.